The van der Waals surface area contributed by atoms with Gasteiger partial charge in [0.05, 0.1) is 24.9 Å². The highest BCUT2D eigenvalue weighted by Gasteiger charge is 2.50. The number of para-hydroxylation sites is 2. The van der Waals surface area contributed by atoms with Crippen molar-refractivity contribution in [3.05, 3.63) is 24.3 Å². The summed E-state index contributed by atoms with van der Waals surface area (Å²) in [7, 11) is 1.69. The van der Waals surface area contributed by atoms with E-state index in [4.69, 9.17) is 4.74 Å². The summed E-state index contributed by atoms with van der Waals surface area (Å²) in [6, 6.07) is 7.96. The predicted molar refractivity (Wildman–Crippen MR) is 71.9 cm³/mol. The number of benzene rings is 1. The zero-order chi connectivity index (χ0) is 12.6. The molecule has 3 rings (SSSR count). The number of nitrogens with one attached hydrogen (secondary N) is 1. The van der Waals surface area contributed by atoms with Gasteiger partial charge in [-0.2, -0.15) is 0 Å². The van der Waals surface area contributed by atoms with Gasteiger partial charge in [0.2, 0.25) is 0 Å². The van der Waals surface area contributed by atoms with Crippen LogP contribution in [-0.4, -0.2) is 24.4 Å². The van der Waals surface area contributed by atoms with Crippen LogP contribution >= 0.6 is 0 Å². The molecule has 3 nitrogen and oxygen atoms in total. The van der Waals surface area contributed by atoms with Gasteiger partial charge < -0.3 is 15.2 Å². The normalized spacial score (nSPS) is 33.7. The Bertz CT molecular complexity index is 434. The van der Waals surface area contributed by atoms with Crippen molar-refractivity contribution < 1.29 is 9.84 Å². The number of anilines is 1. The van der Waals surface area contributed by atoms with Crippen LogP contribution in [0.3, 0.4) is 0 Å². The molecule has 0 aromatic heterocycles. The molecule has 2 aliphatic rings. The van der Waals surface area contributed by atoms with E-state index >= 15 is 0 Å². The van der Waals surface area contributed by atoms with Gasteiger partial charge in [-0.25, -0.2) is 0 Å². The number of fused-ring (bicyclic) bond motifs is 2. The van der Waals surface area contributed by atoms with E-state index in [-0.39, 0.29) is 12.1 Å². The second-order valence-electron chi connectivity index (χ2n) is 5.72. The van der Waals surface area contributed by atoms with Crippen LogP contribution in [0.15, 0.2) is 24.3 Å². The van der Waals surface area contributed by atoms with E-state index in [2.05, 4.69) is 5.32 Å². The number of aliphatic hydroxyl groups is 1. The molecule has 0 aliphatic heterocycles. The number of hydrogen-bond donors (Lipinski definition) is 2. The van der Waals surface area contributed by atoms with Crippen molar-refractivity contribution in [2.24, 2.45) is 11.8 Å². The Kier molecular flexibility index (Phi) is 2.94. The molecule has 1 aromatic rings. The van der Waals surface area contributed by atoms with Gasteiger partial charge in [-0.1, -0.05) is 12.1 Å². The smallest absolute Gasteiger partial charge is 0.141 e. The molecule has 18 heavy (non-hydrogen) atoms. The first-order valence-corrected chi connectivity index (χ1v) is 6.79. The number of rotatable bonds is 4. The highest BCUT2D eigenvalue weighted by atomic mass is 16.5. The molecule has 0 heterocycles. The molecule has 2 aliphatic carbocycles. The van der Waals surface area contributed by atoms with Gasteiger partial charge in [0, 0.05) is 0 Å². The Labute approximate surface area is 108 Å². The van der Waals surface area contributed by atoms with Crippen molar-refractivity contribution in [1.29, 1.82) is 0 Å². The molecular formula is C15H21NO2. The average molecular weight is 247 g/mol. The first kappa shape index (κ1) is 11.8. The van der Waals surface area contributed by atoms with Crippen LogP contribution in [0.4, 0.5) is 5.69 Å². The fraction of sp³-hybridized carbons (Fsp3) is 0.600. The van der Waals surface area contributed by atoms with E-state index in [9.17, 15) is 5.11 Å². The summed E-state index contributed by atoms with van der Waals surface area (Å²) in [4.78, 5) is 0. The maximum Gasteiger partial charge on any atom is 0.141 e. The van der Waals surface area contributed by atoms with Crippen LogP contribution in [0.5, 0.6) is 5.75 Å². The quantitative estimate of drug-likeness (QED) is 0.859. The lowest BCUT2D eigenvalue weighted by atomic mass is 9.81. The van der Waals surface area contributed by atoms with E-state index in [1.807, 2.05) is 24.3 Å². The Balaban J connectivity index is 1.86. The third kappa shape index (κ3) is 1.77. The molecule has 0 amide bonds. The van der Waals surface area contributed by atoms with Crippen LogP contribution < -0.4 is 10.1 Å². The second-order valence-corrected chi connectivity index (χ2v) is 5.72. The van der Waals surface area contributed by atoms with E-state index < -0.39 is 0 Å². The molecule has 2 saturated carbocycles. The summed E-state index contributed by atoms with van der Waals surface area (Å²) in [6.07, 6.45) is 4.93. The highest BCUT2D eigenvalue weighted by Crippen LogP contribution is 2.52. The molecule has 3 unspecified atom stereocenters. The molecule has 2 bridgehead atoms. The Morgan fingerprint density at radius 1 is 1.39 bits per heavy atom. The molecule has 98 valence electrons. The Morgan fingerprint density at radius 2 is 2.22 bits per heavy atom. The molecule has 2 fully saturated rings. The zero-order valence-electron chi connectivity index (χ0n) is 10.9. The minimum Gasteiger partial charge on any atom is -0.495 e. The van der Waals surface area contributed by atoms with E-state index in [0.717, 1.165) is 23.8 Å². The highest BCUT2D eigenvalue weighted by molar-refractivity contribution is 5.58. The van der Waals surface area contributed by atoms with E-state index in [0.29, 0.717) is 5.92 Å². The van der Waals surface area contributed by atoms with Crippen LogP contribution in [0.1, 0.15) is 25.7 Å². The number of ether oxygens (including phenoxy) is 1. The molecule has 3 atom stereocenters. The number of hydrogen-bond acceptors (Lipinski definition) is 3. The van der Waals surface area contributed by atoms with Crippen molar-refractivity contribution in [3.63, 3.8) is 0 Å². The van der Waals surface area contributed by atoms with Gasteiger partial charge in [-0.3, -0.25) is 0 Å². The summed E-state index contributed by atoms with van der Waals surface area (Å²) >= 11 is 0. The monoisotopic (exact) mass is 247 g/mol. The molecular weight excluding hydrogens is 226 g/mol. The third-order valence-electron chi connectivity index (χ3n) is 4.75. The lowest BCUT2D eigenvalue weighted by Gasteiger charge is -2.38. The van der Waals surface area contributed by atoms with Crippen molar-refractivity contribution in [3.8, 4) is 5.75 Å². The van der Waals surface area contributed by atoms with E-state index in [1.165, 1.54) is 19.3 Å². The predicted octanol–water partition coefficient (Wildman–Crippen LogP) is 2.66. The lowest BCUT2D eigenvalue weighted by molar-refractivity contribution is 0.159. The summed E-state index contributed by atoms with van der Waals surface area (Å²) in [5, 5.41) is 13.4. The second kappa shape index (κ2) is 4.47. The fourth-order valence-electron chi connectivity index (χ4n) is 3.85. The molecule has 2 N–H and O–H groups in total. The number of methoxy groups -OCH3 is 1. The first-order valence-electron chi connectivity index (χ1n) is 6.79. The van der Waals surface area contributed by atoms with Gasteiger partial charge in [0.15, 0.2) is 0 Å². The van der Waals surface area contributed by atoms with Crippen molar-refractivity contribution >= 4 is 5.69 Å². The Hall–Kier alpha value is -1.22. The largest absolute Gasteiger partial charge is 0.495 e. The van der Waals surface area contributed by atoms with Crippen LogP contribution in [-0.2, 0) is 0 Å². The van der Waals surface area contributed by atoms with Gasteiger partial charge >= 0.3 is 0 Å². The van der Waals surface area contributed by atoms with Gasteiger partial charge in [-0.15, -0.1) is 0 Å². The lowest BCUT2D eigenvalue weighted by Crippen LogP contribution is -2.47. The standard InChI is InChI=1S/C15H21NO2/c1-18-14-5-3-2-4-13(14)16-15(10-17)9-11-6-7-12(15)8-11/h2-5,11-12,16-17H,6-10H2,1H3. The van der Waals surface area contributed by atoms with E-state index in [1.54, 1.807) is 7.11 Å². The van der Waals surface area contributed by atoms with Crippen molar-refractivity contribution in [1.82, 2.24) is 0 Å². The number of aliphatic hydroxyl groups excluding tert-OH is 1. The fourth-order valence-corrected chi connectivity index (χ4v) is 3.85. The topological polar surface area (TPSA) is 41.5 Å². The van der Waals surface area contributed by atoms with Gasteiger partial charge in [0.1, 0.15) is 5.75 Å². The van der Waals surface area contributed by atoms with Crippen LogP contribution in [0, 0.1) is 11.8 Å². The summed E-state index contributed by atoms with van der Waals surface area (Å²) < 4.78 is 5.38. The molecule has 0 saturated heterocycles. The summed E-state index contributed by atoms with van der Waals surface area (Å²) in [6.45, 7) is 0.214. The van der Waals surface area contributed by atoms with Crippen molar-refractivity contribution in [2.75, 3.05) is 19.0 Å². The SMILES string of the molecule is COc1ccccc1NC1(CO)CC2CCC1C2. The minimum absolute atomic E-state index is 0.127. The first-order chi connectivity index (χ1) is 8.77. The van der Waals surface area contributed by atoms with Crippen LogP contribution in [0.25, 0.3) is 0 Å². The maximum atomic E-state index is 9.86. The minimum atomic E-state index is -0.127. The average Bonchev–Trinajstić information content (AvgIpc) is 3.00. The summed E-state index contributed by atoms with van der Waals surface area (Å²) in [5.74, 6) is 2.26. The molecule has 3 heteroatoms. The molecule has 1 aromatic carbocycles. The summed E-state index contributed by atoms with van der Waals surface area (Å²) in [5.41, 5.74) is 0.874. The third-order valence-corrected chi connectivity index (χ3v) is 4.75. The molecule has 0 radical (unpaired) electrons. The zero-order valence-corrected chi connectivity index (χ0v) is 10.9. The van der Waals surface area contributed by atoms with Crippen molar-refractivity contribution in [2.45, 2.75) is 31.2 Å². The Morgan fingerprint density at radius 3 is 2.83 bits per heavy atom. The van der Waals surface area contributed by atoms with Crippen LogP contribution in [0.2, 0.25) is 0 Å². The van der Waals surface area contributed by atoms with Gasteiger partial charge in [0.25, 0.3) is 0 Å². The maximum absolute atomic E-state index is 9.86. The van der Waals surface area contributed by atoms with Gasteiger partial charge in [-0.05, 0) is 49.7 Å². The molecule has 0 spiro atoms.